The maximum absolute atomic E-state index is 12.5. The van der Waals surface area contributed by atoms with Crippen LogP contribution < -0.4 is 14.8 Å². The lowest BCUT2D eigenvalue weighted by Crippen LogP contribution is -2.26. The van der Waals surface area contributed by atoms with Crippen molar-refractivity contribution in [2.45, 2.75) is 19.8 Å². The first kappa shape index (κ1) is 19.0. The van der Waals surface area contributed by atoms with E-state index in [1.54, 1.807) is 42.5 Å². The highest BCUT2D eigenvalue weighted by molar-refractivity contribution is 6.30. The molecule has 0 bridgehead atoms. The van der Waals surface area contributed by atoms with Gasteiger partial charge in [-0.05, 0) is 35.7 Å². The topological polar surface area (TPSA) is 73.9 Å². The van der Waals surface area contributed by atoms with Gasteiger partial charge in [0, 0.05) is 16.8 Å². The number of nitrogens with one attached hydrogen (secondary N) is 1. The molecule has 0 radical (unpaired) electrons. The van der Waals surface area contributed by atoms with Crippen molar-refractivity contribution in [3.63, 3.8) is 0 Å². The van der Waals surface area contributed by atoms with E-state index in [2.05, 4.69) is 5.32 Å². The van der Waals surface area contributed by atoms with Gasteiger partial charge in [0.05, 0.1) is 5.92 Å². The molecule has 0 saturated heterocycles. The van der Waals surface area contributed by atoms with E-state index in [1.165, 1.54) is 0 Å². The first-order valence-corrected chi connectivity index (χ1v) is 8.93. The third-order valence-corrected chi connectivity index (χ3v) is 4.40. The second-order valence-corrected chi connectivity index (χ2v) is 6.93. The van der Waals surface area contributed by atoms with Crippen LogP contribution in [-0.2, 0) is 14.3 Å². The number of rotatable bonds is 6. The fourth-order valence-corrected chi connectivity index (χ4v) is 2.99. The molecule has 1 heterocycles. The van der Waals surface area contributed by atoms with E-state index < -0.39 is 17.8 Å². The van der Waals surface area contributed by atoms with Crippen molar-refractivity contribution in [2.75, 3.05) is 18.7 Å². The van der Waals surface area contributed by atoms with Crippen LogP contribution in [0.2, 0.25) is 5.02 Å². The van der Waals surface area contributed by atoms with Gasteiger partial charge in [0.25, 0.3) is 5.91 Å². The van der Waals surface area contributed by atoms with Crippen molar-refractivity contribution in [3.05, 3.63) is 53.1 Å². The third-order valence-electron chi connectivity index (χ3n) is 4.15. The molecule has 0 aromatic heterocycles. The van der Waals surface area contributed by atoms with E-state index in [9.17, 15) is 9.59 Å². The summed E-state index contributed by atoms with van der Waals surface area (Å²) in [5, 5.41) is 3.27. The van der Waals surface area contributed by atoms with E-state index in [1.807, 2.05) is 13.8 Å². The van der Waals surface area contributed by atoms with Gasteiger partial charge in [-0.15, -0.1) is 0 Å². The summed E-state index contributed by atoms with van der Waals surface area (Å²) in [5.41, 5.74) is 1.34. The fraction of sp³-hybridized carbons (Fsp3) is 0.300. The lowest BCUT2D eigenvalue weighted by atomic mass is 9.88. The minimum absolute atomic E-state index is 0.00981. The highest BCUT2D eigenvalue weighted by Gasteiger charge is 2.26. The number of hydrogen-bond donors (Lipinski definition) is 1. The maximum Gasteiger partial charge on any atom is 0.314 e. The van der Waals surface area contributed by atoms with Crippen LogP contribution in [0.1, 0.15) is 25.3 Å². The Hall–Kier alpha value is -2.73. The van der Waals surface area contributed by atoms with E-state index in [0.29, 0.717) is 22.2 Å². The van der Waals surface area contributed by atoms with Gasteiger partial charge < -0.3 is 19.5 Å². The molecule has 0 fully saturated rings. The molecule has 0 spiro atoms. The number of esters is 1. The zero-order valence-electron chi connectivity index (χ0n) is 15.0. The van der Waals surface area contributed by atoms with Crippen LogP contribution in [0.25, 0.3) is 0 Å². The summed E-state index contributed by atoms with van der Waals surface area (Å²) in [4.78, 5) is 24.6. The van der Waals surface area contributed by atoms with Gasteiger partial charge in [0.2, 0.25) is 6.79 Å². The Labute approximate surface area is 162 Å². The van der Waals surface area contributed by atoms with Gasteiger partial charge in [0.1, 0.15) is 0 Å². The van der Waals surface area contributed by atoms with Crippen LogP contribution in [0.3, 0.4) is 0 Å². The monoisotopic (exact) mass is 389 g/mol. The summed E-state index contributed by atoms with van der Waals surface area (Å²) in [5.74, 6) is -0.153. The number of anilines is 1. The summed E-state index contributed by atoms with van der Waals surface area (Å²) >= 11 is 5.90. The van der Waals surface area contributed by atoms with Crippen LogP contribution in [-0.4, -0.2) is 25.3 Å². The Kier molecular flexibility index (Phi) is 5.86. The smallest absolute Gasteiger partial charge is 0.314 e. The van der Waals surface area contributed by atoms with Crippen molar-refractivity contribution in [3.8, 4) is 11.5 Å². The standard InChI is InChI=1S/C20H20ClNO5/c1-12(2)19(13-3-5-14(21)6-4-13)20(24)25-10-18(23)22-15-7-8-16-17(9-15)27-11-26-16/h3-9,12,19H,10-11H2,1-2H3,(H,22,23)/t19-/m0/s1. The number of carbonyl (C=O) groups excluding carboxylic acids is 2. The van der Waals surface area contributed by atoms with Crippen LogP contribution in [0.5, 0.6) is 11.5 Å². The van der Waals surface area contributed by atoms with E-state index in [4.69, 9.17) is 25.8 Å². The van der Waals surface area contributed by atoms with Crippen LogP contribution >= 0.6 is 11.6 Å². The molecule has 0 saturated carbocycles. The number of fused-ring (bicyclic) bond motifs is 1. The van der Waals surface area contributed by atoms with Crippen molar-refractivity contribution in [1.29, 1.82) is 0 Å². The molecule has 1 N–H and O–H groups in total. The Morgan fingerprint density at radius 2 is 1.81 bits per heavy atom. The maximum atomic E-state index is 12.5. The number of hydrogen-bond acceptors (Lipinski definition) is 5. The molecule has 0 unspecified atom stereocenters. The zero-order chi connectivity index (χ0) is 19.4. The number of amides is 1. The molecule has 0 aliphatic carbocycles. The molecule has 2 aromatic carbocycles. The van der Waals surface area contributed by atoms with E-state index in [-0.39, 0.29) is 19.3 Å². The molecule has 1 aliphatic heterocycles. The highest BCUT2D eigenvalue weighted by atomic mass is 35.5. The SMILES string of the molecule is CC(C)[C@H](C(=O)OCC(=O)Nc1ccc2c(c1)OCO2)c1ccc(Cl)cc1. The van der Waals surface area contributed by atoms with Gasteiger partial charge in [-0.3, -0.25) is 9.59 Å². The van der Waals surface area contributed by atoms with Crippen molar-refractivity contribution in [1.82, 2.24) is 0 Å². The molecule has 1 amide bonds. The molecule has 1 aliphatic rings. The van der Waals surface area contributed by atoms with Gasteiger partial charge >= 0.3 is 5.97 Å². The summed E-state index contributed by atoms with van der Waals surface area (Å²) in [7, 11) is 0. The van der Waals surface area contributed by atoms with E-state index >= 15 is 0 Å². The first-order chi connectivity index (χ1) is 12.9. The largest absolute Gasteiger partial charge is 0.455 e. The lowest BCUT2D eigenvalue weighted by molar-refractivity contribution is -0.149. The zero-order valence-corrected chi connectivity index (χ0v) is 15.8. The van der Waals surface area contributed by atoms with Gasteiger partial charge in [-0.2, -0.15) is 0 Å². The average Bonchev–Trinajstić information content (AvgIpc) is 3.09. The quantitative estimate of drug-likeness (QED) is 0.756. The van der Waals surface area contributed by atoms with Crippen molar-refractivity contribution >= 4 is 29.2 Å². The molecular formula is C20H20ClNO5. The predicted molar refractivity (Wildman–Crippen MR) is 101 cm³/mol. The summed E-state index contributed by atoms with van der Waals surface area (Å²) in [6.45, 7) is 3.64. The fourth-order valence-electron chi connectivity index (χ4n) is 2.86. The highest BCUT2D eigenvalue weighted by Crippen LogP contribution is 2.34. The molecule has 6 nitrogen and oxygen atoms in total. The normalized spacial score (nSPS) is 13.3. The van der Waals surface area contributed by atoms with Gasteiger partial charge in [-0.25, -0.2) is 0 Å². The van der Waals surface area contributed by atoms with Crippen LogP contribution in [0.15, 0.2) is 42.5 Å². The molecular weight excluding hydrogens is 370 g/mol. The van der Waals surface area contributed by atoms with Crippen molar-refractivity contribution in [2.24, 2.45) is 5.92 Å². The van der Waals surface area contributed by atoms with E-state index in [0.717, 1.165) is 5.56 Å². The Balaban J connectivity index is 1.58. The molecule has 3 rings (SSSR count). The summed E-state index contributed by atoms with van der Waals surface area (Å²) < 4.78 is 15.7. The van der Waals surface area contributed by atoms with Crippen LogP contribution in [0, 0.1) is 5.92 Å². The predicted octanol–water partition coefficient (Wildman–Crippen LogP) is 3.99. The first-order valence-electron chi connectivity index (χ1n) is 8.55. The van der Waals surface area contributed by atoms with Gasteiger partial charge in [0.15, 0.2) is 18.1 Å². The molecule has 142 valence electrons. The minimum Gasteiger partial charge on any atom is -0.455 e. The Bertz CT molecular complexity index is 835. The second-order valence-electron chi connectivity index (χ2n) is 6.50. The Morgan fingerprint density at radius 3 is 2.52 bits per heavy atom. The lowest BCUT2D eigenvalue weighted by Gasteiger charge is -2.20. The number of ether oxygens (including phenoxy) is 3. The Morgan fingerprint density at radius 1 is 1.11 bits per heavy atom. The number of carbonyl (C=O) groups is 2. The number of halogens is 1. The van der Waals surface area contributed by atoms with Gasteiger partial charge in [-0.1, -0.05) is 37.6 Å². The average molecular weight is 390 g/mol. The van der Waals surface area contributed by atoms with Crippen molar-refractivity contribution < 1.29 is 23.8 Å². The second kappa shape index (κ2) is 8.31. The summed E-state index contributed by atoms with van der Waals surface area (Å²) in [6, 6.07) is 12.1. The molecule has 1 atom stereocenters. The molecule has 7 heteroatoms. The number of benzene rings is 2. The molecule has 27 heavy (non-hydrogen) atoms. The summed E-state index contributed by atoms with van der Waals surface area (Å²) in [6.07, 6.45) is 0. The molecule has 2 aromatic rings. The minimum atomic E-state index is -0.472. The third kappa shape index (κ3) is 4.71. The van der Waals surface area contributed by atoms with Crippen LogP contribution in [0.4, 0.5) is 5.69 Å².